The molecule has 0 atom stereocenters. The van der Waals surface area contributed by atoms with Crippen LogP contribution in [0.1, 0.15) is 15.9 Å². The zero-order valence-corrected chi connectivity index (χ0v) is 11.1. The molecule has 0 bridgehead atoms. The van der Waals surface area contributed by atoms with Gasteiger partial charge in [-0.1, -0.05) is 29.8 Å². The van der Waals surface area contributed by atoms with Crippen LogP contribution in [0.3, 0.4) is 0 Å². The molecule has 0 unspecified atom stereocenters. The number of methoxy groups -OCH3 is 1. The third-order valence-electron chi connectivity index (χ3n) is 2.57. The summed E-state index contributed by atoms with van der Waals surface area (Å²) in [5, 5.41) is 2.99. The summed E-state index contributed by atoms with van der Waals surface area (Å²) in [7, 11) is 1.61. The Morgan fingerprint density at radius 2 is 2.11 bits per heavy atom. The number of nitrogens with zero attached hydrogens (tertiary/aromatic N) is 1. The lowest BCUT2D eigenvalue weighted by Crippen LogP contribution is -2.14. The quantitative estimate of drug-likeness (QED) is 0.873. The lowest BCUT2D eigenvalue weighted by Gasteiger charge is -2.10. The molecule has 1 aromatic heterocycles. The molecule has 0 radical (unpaired) electrons. The summed E-state index contributed by atoms with van der Waals surface area (Å²) in [4.78, 5) is 16.0. The summed E-state index contributed by atoms with van der Waals surface area (Å²) in [5.74, 6) is -0.290. The van der Waals surface area contributed by atoms with E-state index in [0.29, 0.717) is 17.9 Å². The van der Waals surface area contributed by atoms with Gasteiger partial charge in [0, 0.05) is 24.6 Å². The van der Waals surface area contributed by atoms with Gasteiger partial charge >= 0.3 is 0 Å². The van der Waals surface area contributed by atoms with Gasteiger partial charge in [-0.25, -0.2) is 4.98 Å². The Balaban J connectivity index is 2.22. The number of amides is 1. The number of rotatable bonds is 4. The van der Waals surface area contributed by atoms with Gasteiger partial charge in [0.2, 0.25) is 0 Å². The molecule has 4 nitrogen and oxygen atoms in total. The maximum atomic E-state index is 12.1. The maximum absolute atomic E-state index is 12.1. The van der Waals surface area contributed by atoms with E-state index in [-0.39, 0.29) is 11.1 Å². The van der Waals surface area contributed by atoms with Gasteiger partial charge in [0.25, 0.3) is 5.91 Å². The molecule has 0 aliphatic carbocycles. The first-order chi connectivity index (χ1) is 9.22. The van der Waals surface area contributed by atoms with E-state index in [2.05, 4.69) is 10.3 Å². The van der Waals surface area contributed by atoms with Crippen molar-refractivity contribution in [2.75, 3.05) is 12.4 Å². The predicted octanol–water partition coefficient (Wildman–Crippen LogP) is 3.13. The smallest absolute Gasteiger partial charge is 0.258 e. The first-order valence-electron chi connectivity index (χ1n) is 5.71. The lowest BCUT2D eigenvalue weighted by molar-refractivity contribution is 0.102. The van der Waals surface area contributed by atoms with E-state index >= 15 is 0 Å². The molecule has 19 heavy (non-hydrogen) atoms. The minimum Gasteiger partial charge on any atom is -0.380 e. The second kappa shape index (κ2) is 6.31. The summed E-state index contributed by atoms with van der Waals surface area (Å²) in [6.45, 7) is 0.428. The van der Waals surface area contributed by atoms with Crippen LogP contribution < -0.4 is 5.32 Å². The average Bonchev–Trinajstić information content (AvgIpc) is 2.41. The van der Waals surface area contributed by atoms with Crippen LogP contribution in [0.4, 0.5) is 5.69 Å². The molecule has 0 saturated carbocycles. The van der Waals surface area contributed by atoms with E-state index in [0.717, 1.165) is 5.56 Å². The zero-order chi connectivity index (χ0) is 13.7. The van der Waals surface area contributed by atoms with Gasteiger partial charge in [-0.15, -0.1) is 0 Å². The molecule has 2 aromatic rings. The number of aromatic nitrogens is 1. The van der Waals surface area contributed by atoms with Crippen LogP contribution in [-0.2, 0) is 11.3 Å². The highest BCUT2D eigenvalue weighted by Crippen LogP contribution is 2.19. The second-order valence-electron chi connectivity index (χ2n) is 3.89. The highest BCUT2D eigenvalue weighted by molar-refractivity contribution is 6.33. The summed E-state index contributed by atoms with van der Waals surface area (Å²) in [6, 6.07) is 10.7. The minimum absolute atomic E-state index is 0.184. The number of carbonyl (C=O) groups is 1. The number of nitrogens with one attached hydrogen (secondary N) is 1. The standard InChI is InChI=1S/C14H13ClN2O2/c1-19-9-10-5-2-3-7-12(10)17-14(18)11-6-4-8-16-13(11)15/h2-8H,9H2,1H3,(H,17,18). The van der Waals surface area contributed by atoms with Gasteiger partial charge in [0.15, 0.2) is 0 Å². The topological polar surface area (TPSA) is 51.2 Å². The molecular weight excluding hydrogens is 264 g/mol. The molecule has 0 saturated heterocycles. The first-order valence-corrected chi connectivity index (χ1v) is 6.09. The van der Waals surface area contributed by atoms with E-state index in [4.69, 9.17) is 16.3 Å². The zero-order valence-electron chi connectivity index (χ0n) is 10.4. The highest BCUT2D eigenvalue weighted by atomic mass is 35.5. The summed E-state index contributed by atoms with van der Waals surface area (Å²) >= 11 is 5.89. The normalized spacial score (nSPS) is 10.2. The van der Waals surface area contributed by atoms with E-state index in [9.17, 15) is 4.79 Å². The third-order valence-corrected chi connectivity index (χ3v) is 2.87. The van der Waals surface area contributed by atoms with Crippen molar-refractivity contribution in [1.82, 2.24) is 4.98 Å². The lowest BCUT2D eigenvalue weighted by atomic mass is 10.1. The first kappa shape index (κ1) is 13.5. The Hall–Kier alpha value is -1.91. The fourth-order valence-corrected chi connectivity index (χ4v) is 1.87. The third kappa shape index (κ3) is 3.30. The Labute approximate surface area is 116 Å². The minimum atomic E-state index is -0.290. The van der Waals surface area contributed by atoms with Gasteiger partial charge < -0.3 is 10.1 Å². The van der Waals surface area contributed by atoms with Crippen molar-refractivity contribution in [2.45, 2.75) is 6.61 Å². The highest BCUT2D eigenvalue weighted by Gasteiger charge is 2.12. The van der Waals surface area contributed by atoms with Crippen molar-refractivity contribution in [3.05, 3.63) is 58.9 Å². The number of para-hydroxylation sites is 1. The van der Waals surface area contributed by atoms with Crippen molar-refractivity contribution < 1.29 is 9.53 Å². The molecule has 1 heterocycles. The van der Waals surface area contributed by atoms with E-state index in [1.54, 1.807) is 19.2 Å². The van der Waals surface area contributed by atoms with E-state index in [1.807, 2.05) is 24.3 Å². The number of carbonyl (C=O) groups excluding carboxylic acids is 1. The average molecular weight is 277 g/mol. The number of benzene rings is 1. The van der Waals surface area contributed by atoms with Gasteiger partial charge in [0.1, 0.15) is 5.15 Å². The summed E-state index contributed by atoms with van der Waals surface area (Å²) < 4.78 is 5.09. The fourth-order valence-electron chi connectivity index (χ4n) is 1.67. The van der Waals surface area contributed by atoms with Crippen molar-refractivity contribution in [1.29, 1.82) is 0 Å². The molecule has 1 N–H and O–H groups in total. The Morgan fingerprint density at radius 1 is 1.32 bits per heavy atom. The van der Waals surface area contributed by atoms with Crippen LogP contribution in [0.5, 0.6) is 0 Å². The van der Waals surface area contributed by atoms with Crippen molar-refractivity contribution >= 4 is 23.2 Å². The Kier molecular flexibility index (Phi) is 4.49. The molecule has 5 heteroatoms. The fraction of sp³-hybridized carbons (Fsp3) is 0.143. The molecule has 0 fully saturated rings. The summed E-state index contributed by atoms with van der Waals surface area (Å²) in [6.07, 6.45) is 1.54. The summed E-state index contributed by atoms with van der Waals surface area (Å²) in [5.41, 5.74) is 1.95. The van der Waals surface area contributed by atoms with E-state index < -0.39 is 0 Å². The molecule has 1 aromatic carbocycles. The predicted molar refractivity (Wildman–Crippen MR) is 74.4 cm³/mol. The number of pyridine rings is 1. The van der Waals surface area contributed by atoms with Crippen LogP contribution >= 0.6 is 11.6 Å². The molecule has 0 aliphatic heterocycles. The van der Waals surface area contributed by atoms with Crippen molar-refractivity contribution in [2.24, 2.45) is 0 Å². The number of hydrogen-bond acceptors (Lipinski definition) is 3. The number of anilines is 1. The SMILES string of the molecule is COCc1ccccc1NC(=O)c1cccnc1Cl. The van der Waals surface area contributed by atoms with Gasteiger partial charge in [-0.2, -0.15) is 0 Å². The maximum Gasteiger partial charge on any atom is 0.258 e. The second-order valence-corrected chi connectivity index (χ2v) is 4.24. The van der Waals surface area contributed by atoms with Crippen LogP contribution in [0.25, 0.3) is 0 Å². The van der Waals surface area contributed by atoms with E-state index in [1.165, 1.54) is 6.20 Å². The molecular formula is C14H13ClN2O2. The van der Waals surface area contributed by atoms with Gasteiger partial charge in [0.05, 0.1) is 12.2 Å². The van der Waals surface area contributed by atoms with Crippen molar-refractivity contribution in [3.8, 4) is 0 Å². The molecule has 0 spiro atoms. The molecule has 0 aliphatic rings. The number of ether oxygens (including phenoxy) is 1. The number of hydrogen-bond donors (Lipinski definition) is 1. The van der Waals surface area contributed by atoms with Gasteiger partial charge in [-0.3, -0.25) is 4.79 Å². The van der Waals surface area contributed by atoms with Crippen LogP contribution in [-0.4, -0.2) is 18.0 Å². The van der Waals surface area contributed by atoms with Crippen LogP contribution in [0, 0.1) is 0 Å². The Morgan fingerprint density at radius 3 is 2.84 bits per heavy atom. The van der Waals surface area contributed by atoms with Crippen molar-refractivity contribution in [3.63, 3.8) is 0 Å². The monoisotopic (exact) mass is 276 g/mol. The Bertz CT molecular complexity index is 587. The van der Waals surface area contributed by atoms with Crippen LogP contribution in [0.2, 0.25) is 5.15 Å². The molecule has 2 rings (SSSR count). The van der Waals surface area contributed by atoms with Crippen LogP contribution in [0.15, 0.2) is 42.6 Å². The molecule has 1 amide bonds. The molecule has 98 valence electrons. The van der Waals surface area contributed by atoms with Gasteiger partial charge in [-0.05, 0) is 18.2 Å². The largest absolute Gasteiger partial charge is 0.380 e. The number of halogens is 1.